The minimum absolute atomic E-state index is 0.0135. The van der Waals surface area contributed by atoms with Gasteiger partial charge in [-0.25, -0.2) is 9.59 Å². The number of rotatable bonds is 4. The van der Waals surface area contributed by atoms with Crippen LogP contribution in [0.5, 0.6) is 0 Å². The van der Waals surface area contributed by atoms with Gasteiger partial charge in [-0.3, -0.25) is 4.90 Å². The number of amides is 2. The Morgan fingerprint density at radius 1 is 1.42 bits per heavy atom. The number of urea groups is 1. The lowest BCUT2D eigenvalue weighted by Crippen LogP contribution is -2.52. The summed E-state index contributed by atoms with van der Waals surface area (Å²) in [5.41, 5.74) is 0. The highest BCUT2D eigenvalue weighted by molar-refractivity contribution is 8.00. The lowest BCUT2D eigenvalue weighted by atomic mass is 10.2. The van der Waals surface area contributed by atoms with Crippen LogP contribution in [0.25, 0.3) is 0 Å². The average molecular weight is 284 g/mol. The Kier molecular flexibility index (Phi) is 4.74. The number of aliphatic carboxylic acids is 1. The molecule has 5 nitrogen and oxygen atoms in total. The van der Waals surface area contributed by atoms with Gasteiger partial charge in [0.1, 0.15) is 6.04 Å². The molecular weight excluding hydrogens is 264 g/mol. The summed E-state index contributed by atoms with van der Waals surface area (Å²) in [5.74, 6) is -0.429. The molecule has 19 heavy (non-hydrogen) atoms. The molecule has 2 aliphatic rings. The third kappa shape index (κ3) is 3.23. The number of carboxylic acid groups (broad SMARTS) is 1. The molecule has 1 fully saturated rings. The van der Waals surface area contributed by atoms with Crippen LogP contribution in [0.3, 0.4) is 0 Å². The van der Waals surface area contributed by atoms with E-state index in [0.29, 0.717) is 5.75 Å². The van der Waals surface area contributed by atoms with Gasteiger partial charge < -0.3 is 10.4 Å². The molecule has 0 aromatic carbocycles. The molecule has 0 aromatic heterocycles. The molecule has 0 aromatic rings. The highest BCUT2D eigenvalue weighted by Crippen LogP contribution is 2.32. The molecule has 2 unspecified atom stereocenters. The maximum absolute atomic E-state index is 12.3. The van der Waals surface area contributed by atoms with Gasteiger partial charge >= 0.3 is 12.0 Å². The van der Waals surface area contributed by atoms with Crippen molar-refractivity contribution in [1.82, 2.24) is 10.2 Å². The standard InChI is InChI=1S/C13H20N2O3S/c1-2-5-11-15(10(8-19-11)12(16)17)13(18)14-9-6-3-4-7-9/h3-4,9-11H,2,5-8H2,1H3,(H,14,18)(H,16,17). The number of nitrogens with one attached hydrogen (secondary N) is 1. The van der Waals surface area contributed by atoms with Crippen molar-refractivity contribution < 1.29 is 14.7 Å². The van der Waals surface area contributed by atoms with Crippen molar-refractivity contribution >= 4 is 23.8 Å². The van der Waals surface area contributed by atoms with Gasteiger partial charge in [0.25, 0.3) is 0 Å². The zero-order chi connectivity index (χ0) is 13.8. The smallest absolute Gasteiger partial charge is 0.327 e. The van der Waals surface area contributed by atoms with Crippen LogP contribution in [0.4, 0.5) is 4.79 Å². The minimum atomic E-state index is -0.911. The van der Waals surface area contributed by atoms with Gasteiger partial charge in [0, 0.05) is 11.8 Å². The largest absolute Gasteiger partial charge is 0.480 e. The maximum atomic E-state index is 12.3. The minimum Gasteiger partial charge on any atom is -0.480 e. The first-order valence-corrected chi connectivity index (χ1v) is 7.76. The van der Waals surface area contributed by atoms with Crippen LogP contribution in [0.15, 0.2) is 12.2 Å². The molecule has 1 aliphatic carbocycles. The van der Waals surface area contributed by atoms with Crippen molar-refractivity contribution in [3.8, 4) is 0 Å². The summed E-state index contributed by atoms with van der Waals surface area (Å²) in [6.45, 7) is 2.05. The van der Waals surface area contributed by atoms with Gasteiger partial charge in [-0.15, -0.1) is 11.8 Å². The summed E-state index contributed by atoms with van der Waals surface area (Å²) in [6, 6.07) is -0.810. The third-order valence-electron chi connectivity index (χ3n) is 3.48. The van der Waals surface area contributed by atoms with Gasteiger partial charge in [0.2, 0.25) is 0 Å². The van der Waals surface area contributed by atoms with Crippen molar-refractivity contribution in [2.75, 3.05) is 5.75 Å². The molecule has 0 spiro atoms. The van der Waals surface area contributed by atoms with Crippen LogP contribution >= 0.6 is 11.8 Å². The monoisotopic (exact) mass is 284 g/mol. The van der Waals surface area contributed by atoms with Gasteiger partial charge in [-0.1, -0.05) is 25.5 Å². The number of carbonyl (C=O) groups excluding carboxylic acids is 1. The summed E-state index contributed by atoms with van der Waals surface area (Å²) in [6.07, 6.45) is 7.54. The summed E-state index contributed by atoms with van der Waals surface area (Å²) in [4.78, 5) is 25.1. The van der Waals surface area contributed by atoms with Crippen molar-refractivity contribution in [1.29, 1.82) is 0 Å². The molecule has 2 atom stereocenters. The number of carbonyl (C=O) groups is 2. The second-order valence-corrected chi connectivity index (χ2v) is 6.14. The first-order valence-electron chi connectivity index (χ1n) is 6.71. The molecule has 0 bridgehead atoms. The Bertz CT molecular complexity index is 378. The Balaban J connectivity index is 2.02. The van der Waals surface area contributed by atoms with Crippen LogP contribution in [0.1, 0.15) is 32.6 Å². The summed E-state index contributed by atoms with van der Waals surface area (Å²) in [7, 11) is 0. The maximum Gasteiger partial charge on any atom is 0.327 e. The van der Waals surface area contributed by atoms with E-state index < -0.39 is 12.0 Å². The van der Waals surface area contributed by atoms with Gasteiger partial charge in [-0.05, 0) is 19.3 Å². The molecule has 2 N–H and O–H groups in total. The average Bonchev–Trinajstić information content (AvgIpc) is 2.98. The highest BCUT2D eigenvalue weighted by Gasteiger charge is 2.41. The zero-order valence-corrected chi connectivity index (χ0v) is 11.9. The molecule has 1 saturated heterocycles. The van der Waals surface area contributed by atoms with E-state index in [9.17, 15) is 14.7 Å². The first kappa shape index (κ1) is 14.2. The van der Waals surface area contributed by atoms with Crippen LogP contribution in [0, 0.1) is 0 Å². The van der Waals surface area contributed by atoms with Crippen LogP contribution < -0.4 is 5.32 Å². The number of hydrogen-bond donors (Lipinski definition) is 2. The summed E-state index contributed by atoms with van der Waals surface area (Å²) >= 11 is 1.57. The second kappa shape index (κ2) is 6.32. The first-order chi connectivity index (χ1) is 9.13. The van der Waals surface area contributed by atoms with Crippen LogP contribution in [-0.4, -0.2) is 45.2 Å². The number of thioether (sulfide) groups is 1. The molecular formula is C13H20N2O3S. The third-order valence-corrected chi connectivity index (χ3v) is 4.84. The van der Waals surface area contributed by atoms with E-state index in [0.717, 1.165) is 25.7 Å². The SMILES string of the molecule is CCCC1SCC(C(=O)O)N1C(=O)NC1CC=CC1. The molecule has 1 aliphatic heterocycles. The zero-order valence-electron chi connectivity index (χ0n) is 11.0. The number of nitrogens with zero attached hydrogens (tertiary/aromatic N) is 1. The van der Waals surface area contributed by atoms with E-state index in [-0.39, 0.29) is 17.4 Å². The van der Waals surface area contributed by atoms with E-state index in [2.05, 4.69) is 5.32 Å². The van der Waals surface area contributed by atoms with Crippen LogP contribution in [0.2, 0.25) is 0 Å². The summed E-state index contributed by atoms with van der Waals surface area (Å²) < 4.78 is 0. The van der Waals surface area contributed by atoms with E-state index in [4.69, 9.17) is 0 Å². The van der Waals surface area contributed by atoms with Crippen molar-refractivity contribution in [3.05, 3.63) is 12.2 Å². The number of carboxylic acids is 1. The lowest BCUT2D eigenvalue weighted by Gasteiger charge is -2.28. The van der Waals surface area contributed by atoms with Crippen molar-refractivity contribution in [3.63, 3.8) is 0 Å². The fourth-order valence-corrected chi connectivity index (χ4v) is 3.99. The topological polar surface area (TPSA) is 69.6 Å². The van der Waals surface area contributed by atoms with E-state index >= 15 is 0 Å². The predicted octanol–water partition coefficient (Wildman–Crippen LogP) is 2.04. The van der Waals surface area contributed by atoms with Gasteiger partial charge in [0.15, 0.2) is 0 Å². The predicted molar refractivity (Wildman–Crippen MR) is 75.1 cm³/mol. The fourth-order valence-electron chi connectivity index (χ4n) is 2.48. The van der Waals surface area contributed by atoms with E-state index in [1.54, 1.807) is 11.8 Å². The van der Waals surface area contributed by atoms with E-state index in [1.807, 2.05) is 19.1 Å². The Morgan fingerprint density at radius 2 is 2.11 bits per heavy atom. The second-order valence-electron chi connectivity index (χ2n) is 4.93. The molecule has 2 amide bonds. The van der Waals surface area contributed by atoms with Crippen molar-refractivity contribution in [2.45, 2.75) is 50.1 Å². The molecule has 106 valence electrons. The van der Waals surface area contributed by atoms with Gasteiger partial charge in [-0.2, -0.15) is 0 Å². The Labute approximate surface area is 117 Å². The number of hydrogen-bond acceptors (Lipinski definition) is 3. The Morgan fingerprint density at radius 3 is 2.68 bits per heavy atom. The Hall–Kier alpha value is -1.17. The lowest BCUT2D eigenvalue weighted by molar-refractivity contribution is -0.141. The van der Waals surface area contributed by atoms with Crippen molar-refractivity contribution in [2.24, 2.45) is 0 Å². The molecule has 0 saturated carbocycles. The normalized spacial score (nSPS) is 26.9. The van der Waals surface area contributed by atoms with Crippen LogP contribution in [-0.2, 0) is 4.79 Å². The molecule has 1 heterocycles. The highest BCUT2D eigenvalue weighted by atomic mass is 32.2. The quantitative estimate of drug-likeness (QED) is 0.775. The summed E-state index contributed by atoms with van der Waals surface area (Å²) in [5, 5.41) is 12.2. The molecule has 0 radical (unpaired) electrons. The van der Waals surface area contributed by atoms with Gasteiger partial charge in [0.05, 0.1) is 5.37 Å². The molecule has 6 heteroatoms. The molecule has 2 rings (SSSR count). The van der Waals surface area contributed by atoms with E-state index in [1.165, 1.54) is 4.90 Å². The fraction of sp³-hybridized carbons (Fsp3) is 0.692.